The lowest BCUT2D eigenvalue weighted by Crippen LogP contribution is -2.56. The summed E-state index contributed by atoms with van der Waals surface area (Å²) in [6.45, 7) is 38.2. The molecule has 0 aliphatic carbocycles. The van der Waals surface area contributed by atoms with Crippen molar-refractivity contribution < 1.29 is 58.6 Å². The number of ether oxygens (including phenoxy) is 7. The molecule has 0 unspecified atom stereocenters. The van der Waals surface area contributed by atoms with E-state index in [1.165, 1.54) is 19.2 Å². The first-order valence-corrected chi connectivity index (χ1v) is 31.0. The normalized spacial score (nSPS) is 12.0. The molecule has 0 bridgehead atoms. The van der Waals surface area contributed by atoms with Crippen LogP contribution in [0, 0.1) is 62.7 Å². The van der Waals surface area contributed by atoms with Crippen LogP contribution >= 0.6 is 11.6 Å². The minimum atomic E-state index is -0.526. The third-order valence-electron chi connectivity index (χ3n) is 16.1. The summed E-state index contributed by atoms with van der Waals surface area (Å²) in [6, 6.07) is 22.7. The van der Waals surface area contributed by atoms with Gasteiger partial charge in [0.1, 0.15) is 40.2 Å². The molecule has 0 aromatic heterocycles. The van der Waals surface area contributed by atoms with Crippen molar-refractivity contribution in [1.82, 2.24) is 21.1 Å². The number of hydrazine groups is 1. The molecule has 498 valence electrons. The smallest absolute Gasteiger partial charge is 0.272 e. The van der Waals surface area contributed by atoms with Gasteiger partial charge in [0.2, 0.25) is 0 Å². The number of rotatable bonds is 23. The molecule has 90 heavy (non-hydrogen) atoms. The van der Waals surface area contributed by atoms with Gasteiger partial charge in [-0.3, -0.25) is 29.4 Å². The highest BCUT2D eigenvalue weighted by Gasteiger charge is 2.36. The van der Waals surface area contributed by atoms with Crippen LogP contribution in [0.4, 0.5) is 0 Å². The lowest BCUT2D eigenvalue weighted by molar-refractivity contribution is 0.0270. The zero-order chi connectivity index (χ0) is 68.4. The van der Waals surface area contributed by atoms with Crippen molar-refractivity contribution in [3.05, 3.63) is 147 Å². The van der Waals surface area contributed by atoms with E-state index in [4.69, 9.17) is 44.8 Å². The maximum atomic E-state index is 13.9. The fraction of sp³-hybridized carbons (Fsp3) is 0.493. The average Bonchev–Trinajstić information content (AvgIpc) is 0.870. The number of methoxy groups -OCH3 is 7. The van der Waals surface area contributed by atoms with E-state index in [1.54, 1.807) is 78.0 Å². The molecule has 0 saturated carbocycles. The number of carbonyl (C=O) groups excluding carboxylic acids is 5. The Morgan fingerprint density at radius 1 is 0.489 bits per heavy atom. The van der Waals surface area contributed by atoms with Gasteiger partial charge in [-0.05, 0) is 154 Å². The number of nitrogens with one attached hydrogen (secondary N) is 3. The number of hydrogen-bond donors (Lipinski definition) is 3. The topological polar surface area (TPSA) is 189 Å². The maximum absolute atomic E-state index is 13.9. The zero-order valence-corrected chi connectivity index (χ0v) is 59.0. The fourth-order valence-electron chi connectivity index (χ4n) is 10.2. The van der Waals surface area contributed by atoms with Crippen molar-refractivity contribution in [2.24, 2.45) is 28.1 Å². The van der Waals surface area contributed by atoms with E-state index in [-0.39, 0.29) is 47.3 Å². The minimum absolute atomic E-state index is 0. The van der Waals surface area contributed by atoms with E-state index >= 15 is 0 Å². The predicted molar refractivity (Wildman–Crippen MR) is 366 cm³/mol. The summed E-state index contributed by atoms with van der Waals surface area (Å²) < 4.78 is 37.0. The van der Waals surface area contributed by atoms with Crippen molar-refractivity contribution in [1.29, 1.82) is 0 Å². The zero-order valence-electron chi connectivity index (χ0n) is 58.2. The van der Waals surface area contributed by atoms with Crippen LogP contribution in [0.5, 0.6) is 40.2 Å². The van der Waals surface area contributed by atoms with Gasteiger partial charge in [0, 0.05) is 70.2 Å². The Morgan fingerprint density at radius 2 is 0.822 bits per heavy atom. The highest BCUT2D eigenvalue weighted by Crippen LogP contribution is 2.35. The molecule has 0 aliphatic rings. The Balaban J connectivity index is 0.000000635. The molecule has 0 aliphatic heterocycles. The highest BCUT2D eigenvalue weighted by molar-refractivity contribution is 6.67. The predicted octanol–water partition coefficient (Wildman–Crippen LogP) is 16.1. The summed E-state index contributed by atoms with van der Waals surface area (Å²) in [7, 11) is 11.0. The second kappa shape index (κ2) is 36.8. The molecule has 3 N–H and O–H groups in total. The Kier molecular flexibility index (Phi) is 32.1. The van der Waals surface area contributed by atoms with Gasteiger partial charge in [0.05, 0.1) is 55.8 Å². The Morgan fingerprint density at radius 3 is 1.12 bits per heavy atom. The highest BCUT2D eigenvalue weighted by atomic mass is 35.5. The van der Waals surface area contributed by atoms with E-state index in [2.05, 4.69) is 98.8 Å². The molecule has 5 rings (SSSR count). The van der Waals surface area contributed by atoms with Crippen LogP contribution in [0.1, 0.15) is 189 Å². The average molecular weight is 1270 g/mol. The van der Waals surface area contributed by atoms with Gasteiger partial charge in [-0.25, -0.2) is 5.01 Å². The molecule has 4 amide bonds. The maximum Gasteiger partial charge on any atom is 0.272 e. The monoisotopic (exact) mass is 1270 g/mol. The number of nitrogens with zero attached hydrogens (tertiary/aromatic N) is 1. The molecule has 17 heteroatoms. The van der Waals surface area contributed by atoms with Crippen LogP contribution < -0.4 is 49.2 Å². The molecule has 0 saturated heterocycles. The molecule has 16 nitrogen and oxygen atoms in total. The van der Waals surface area contributed by atoms with Crippen molar-refractivity contribution in [3.8, 4) is 40.2 Å². The first-order valence-electron chi connectivity index (χ1n) is 30.6. The van der Waals surface area contributed by atoms with Crippen LogP contribution in [0.25, 0.3) is 0 Å². The van der Waals surface area contributed by atoms with E-state index < -0.39 is 5.24 Å². The third kappa shape index (κ3) is 22.6. The van der Waals surface area contributed by atoms with Gasteiger partial charge < -0.3 is 43.8 Å². The Bertz CT molecular complexity index is 3130. The van der Waals surface area contributed by atoms with Crippen LogP contribution in [0.15, 0.2) is 91.5 Å². The van der Waals surface area contributed by atoms with Crippen LogP contribution in [0.3, 0.4) is 0 Å². The first-order chi connectivity index (χ1) is 42.2. The quantitative estimate of drug-likeness (QED) is 0.0319. The van der Waals surface area contributed by atoms with Crippen molar-refractivity contribution in [2.75, 3.05) is 62.9 Å². The first kappa shape index (κ1) is 78.4. The number of benzene rings is 5. The second-order valence-electron chi connectivity index (χ2n) is 25.3. The van der Waals surface area contributed by atoms with E-state index in [0.29, 0.717) is 93.5 Å². The van der Waals surface area contributed by atoms with E-state index in [1.807, 2.05) is 77.1 Å². The molecule has 5 aromatic rings. The molecule has 0 radical (unpaired) electrons. The molecule has 3 atom stereocenters. The summed E-state index contributed by atoms with van der Waals surface area (Å²) in [5.74, 6) is 4.44. The summed E-state index contributed by atoms with van der Waals surface area (Å²) in [5.41, 5.74) is 9.60. The lowest BCUT2D eigenvalue weighted by Gasteiger charge is -2.40. The van der Waals surface area contributed by atoms with Crippen LogP contribution in [0.2, 0.25) is 0 Å². The van der Waals surface area contributed by atoms with E-state index in [9.17, 15) is 24.0 Å². The number of allylic oxidation sites excluding steroid dienone is 1. The molecular weight excluding hydrogens is 1160 g/mol. The fourth-order valence-corrected chi connectivity index (χ4v) is 10.3. The second-order valence-corrected chi connectivity index (χ2v) is 25.7. The third-order valence-corrected chi connectivity index (χ3v) is 16.3. The summed E-state index contributed by atoms with van der Waals surface area (Å²) >= 11 is 5.36. The Hall–Kier alpha value is -7.72. The van der Waals surface area contributed by atoms with Gasteiger partial charge in [-0.2, -0.15) is 0 Å². The minimum Gasteiger partial charge on any atom is -0.496 e. The van der Waals surface area contributed by atoms with Crippen molar-refractivity contribution in [3.63, 3.8) is 0 Å². The molecule has 5 aromatic carbocycles. The van der Waals surface area contributed by atoms with Gasteiger partial charge in [0.25, 0.3) is 28.9 Å². The molecule has 0 fully saturated rings. The van der Waals surface area contributed by atoms with Gasteiger partial charge in [-0.15, -0.1) is 6.58 Å². The summed E-state index contributed by atoms with van der Waals surface area (Å²) in [5, 5.41) is 7.07. The van der Waals surface area contributed by atoms with Crippen molar-refractivity contribution >= 4 is 40.5 Å². The molecule has 0 spiro atoms. The lowest BCUT2D eigenvalue weighted by atomic mass is 9.78. The van der Waals surface area contributed by atoms with E-state index in [0.717, 1.165) is 59.4 Å². The molecule has 0 heterocycles. The SMILES string of the molecule is C=CC[C@@H](CNC(=O)c1cccc(OC)c1C)C(C)(C)C.CCC[C@@H](CNC(=O)c1cccc(OC)c1C)C(C)(C)C.CCC[C@@H](N(NC(=O)c1cccc(OC)c1C)C(=O)c1cc(OC)c(C)c(OC)c1)C(C)(C)C.COc1cc(C(=O)Cl)cc(OC)c1C.[HH]. The standard InChI is InChI=1S/C27H38N2O5.C18H29NO2.C18H27NO2.C10H11ClO3.H2/c1-10-12-24(27(4,5)6)29(28-25(30)20-13-11-14-21(32-7)17(20)2)26(31)19-15-22(33-8)18(3)23(16-19)34-9;2*1-7-9-14(18(3,4)5)12-19-17(20)15-10-8-11-16(21-6)13(15)2;1-6-8(13-2)4-7(10(11)12)5-9(6)14-3;/h11,13-16,24H,10,12H2,1-9H3,(H,28,30);8,10-11,14H,7,9,12H2,1-6H3,(H,19,20);7-8,10-11,14H,1,9,12H2,2-6H3,(H,19,20);4-5H,1-3H3;1H/t24-;2*14-;;/m100../s1. The number of amides is 4. The summed E-state index contributed by atoms with van der Waals surface area (Å²) in [6.07, 6.45) is 6.63. The number of hydrogen-bond acceptors (Lipinski definition) is 12. The largest absolute Gasteiger partial charge is 0.496 e. The van der Waals surface area contributed by atoms with Crippen molar-refractivity contribution in [2.45, 2.75) is 149 Å². The van der Waals surface area contributed by atoms with Gasteiger partial charge in [0.15, 0.2) is 0 Å². The Labute approximate surface area is 544 Å². The van der Waals surface area contributed by atoms with Crippen LogP contribution in [-0.2, 0) is 0 Å². The number of carbonyl (C=O) groups is 5. The number of halogens is 1. The summed E-state index contributed by atoms with van der Waals surface area (Å²) in [4.78, 5) is 63.0. The van der Waals surface area contributed by atoms with Crippen LogP contribution in [-0.4, -0.2) is 103 Å². The molecular formula is C73H107ClN4O12. The van der Waals surface area contributed by atoms with Gasteiger partial charge in [-0.1, -0.05) is 113 Å². The van der Waals surface area contributed by atoms with Gasteiger partial charge >= 0.3 is 0 Å².